The zero-order chi connectivity index (χ0) is 15.7. The quantitative estimate of drug-likeness (QED) is 0.803. The van der Waals surface area contributed by atoms with Crippen molar-refractivity contribution in [3.8, 4) is 11.4 Å². The van der Waals surface area contributed by atoms with E-state index in [9.17, 15) is 9.90 Å². The van der Waals surface area contributed by atoms with Gasteiger partial charge in [-0.1, -0.05) is 18.2 Å². The van der Waals surface area contributed by atoms with Gasteiger partial charge in [-0.15, -0.1) is 0 Å². The Morgan fingerprint density at radius 2 is 1.95 bits per heavy atom. The molecule has 3 rings (SSSR count). The lowest BCUT2D eigenvalue weighted by Crippen LogP contribution is -2.22. The summed E-state index contributed by atoms with van der Waals surface area (Å²) in [5.41, 5.74) is 6.04. The molecule has 0 radical (unpaired) electrons. The van der Waals surface area contributed by atoms with Gasteiger partial charge < -0.3 is 14.9 Å². The predicted molar refractivity (Wildman–Crippen MR) is 84.3 cm³/mol. The normalized spacial score (nSPS) is 11.0. The number of carbonyl (C=O) groups excluding carboxylic acids is 1. The minimum atomic E-state index is -1.04. The SMILES string of the molecule is Cc1ccc(C)c2c(CCC(=O)[O-])c(-c3ccccn3)[nH]c12. The number of benzene rings is 1. The summed E-state index contributed by atoms with van der Waals surface area (Å²) in [7, 11) is 0. The molecule has 0 atom stereocenters. The summed E-state index contributed by atoms with van der Waals surface area (Å²) in [5, 5.41) is 12.0. The van der Waals surface area contributed by atoms with Crippen molar-refractivity contribution in [3.63, 3.8) is 0 Å². The topological polar surface area (TPSA) is 68.8 Å². The highest BCUT2D eigenvalue weighted by atomic mass is 16.4. The second-order valence-electron chi connectivity index (χ2n) is 5.51. The van der Waals surface area contributed by atoms with Crippen LogP contribution in [0.1, 0.15) is 23.1 Å². The van der Waals surface area contributed by atoms with Gasteiger partial charge in [-0.2, -0.15) is 0 Å². The van der Waals surface area contributed by atoms with E-state index in [0.717, 1.165) is 39.0 Å². The molecule has 0 amide bonds. The number of aromatic nitrogens is 2. The van der Waals surface area contributed by atoms with Crippen LogP contribution in [-0.4, -0.2) is 15.9 Å². The van der Waals surface area contributed by atoms with Gasteiger partial charge in [0.15, 0.2) is 0 Å². The highest BCUT2D eigenvalue weighted by Gasteiger charge is 2.16. The highest BCUT2D eigenvalue weighted by Crippen LogP contribution is 2.33. The number of carbonyl (C=O) groups is 1. The summed E-state index contributed by atoms with van der Waals surface area (Å²) in [6.07, 6.45) is 2.17. The van der Waals surface area contributed by atoms with Crippen LogP contribution < -0.4 is 5.11 Å². The molecule has 0 spiro atoms. The molecule has 0 saturated heterocycles. The largest absolute Gasteiger partial charge is 0.550 e. The fourth-order valence-corrected chi connectivity index (χ4v) is 2.89. The van der Waals surface area contributed by atoms with Gasteiger partial charge in [0.1, 0.15) is 0 Å². The first-order valence-corrected chi connectivity index (χ1v) is 7.30. The Labute approximate surface area is 128 Å². The average Bonchev–Trinajstić information content (AvgIpc) is 2.90. The lowest BCUT2D eigenvalue weighted by Gasteiger charge is -2.07. The van der Waals surface area contributed by atoms with Crippen LogP contribution >= 0.6 is 0 Å². The molecule has 4 heteroatoms. The number of H-pyrrole nitrogens is 1. The van der Waals surface area contributed by atoms with Crippen LogP contribution in [0, 0.1) is 13.8 Å². The van der Waals surface area contributed by atoms with Crippen LogP contribution in [0.25, 0.3) is 22.3 Å². The van der Waals surface area contributed by atoms with E-state index < -0.39 is 5.97 Å². The molecule has 0 bridgehead atoms. The number of aliphatic carboxylic acids is 1. The van der Waals surface area contributed by atoms with Crippen LogP contribution in [-0.2, 0) is 11.2 Å². The van der Waals surface area contributed by atoms with Crippen LogP contribution in [0.5, 0.6) is 0 Å². The molecule has 2 aromatic heterocycles. The number of aromatic amines is 1. The summed E-state index contributed by atoms with van der Waals surface area (Å²) in [5.74, 6) is -1.04. The molecule has 112 valence electrons. The fourth-order valence-electron chi connectivity index (χ4n) is 2.89. The molecule has 0 aliphatic rings. The van der Waals surface area contributed by atoms with Gasteiger partial charge in [-0.3, -0.25) is 4.98 Å². The zero-order valence-electron chi connectivity index (χ0n) is 12.6. The Kier molecular flexibility index (Phi) is 3.67. The Balaban J connectivity index is 2.26. The third kappa shape index (κ3) is 2.48. The van der Waals surface area contributed by atoms with E-state index in [4.69, 9.17) is 0 Å². The lowest BCUT2D eigenvalue weighted by molar-refractivity contribution is -0.305. The van der Waals surface area contributed by atoms with Crippen LogP contribution in [0.2, 0.25) is 0 Å². The number of carboxylic acids is 1. The van der Waals surface area contributed by atoms with Crippen molar-refractivity contribution in [2.75, 3.05) is 0 Å². The van der Waals surface area contributed by atoms with Gasteiger partial charge in [0.2, 0.25) is 0 Å². The van der Waals surface area contributed by atoms with E-state index in [0.29, 0.717) is 6.42 Å². The van der Waals surface area contributed by atoms with E-state index in [1.807, 2.05) is 32.0 Å². The second-order valence-corrected chi connectivity index (χ2v) is 5.51. The van der Waals surface area contributed by atoms with Gasteiger partial charge in [0.25, 0.3) is 0 Å². The number of carboxylic acid groups (broad SMARTS) is 1. The first kappa shape index (κ1) is 14.3. The summed E-state index contributed by atoms with van der Waals surface area (Å²) >= 11 is 0. The number of aryl methyl sites for hydroxylation is 3. The second kappa shape index (κ2) is 5.64. The van der Waals surface area contributed by atoms with Gasteiger partial charge in [-0.05, 0) is 55.5 Å². The molecule has 0 aliphatic heterocycles. The van der Waals surface area contributed by atoms with E-state index in [2.05, 4.69) is 22.1 Å². The molecule has 1 N–H and O–H groups in total. The Bertz CT molecular complexity index is 835. The molecule has 0 aliphatic carbocycles. The minimum Gasteiger partial charge on any atom is -0.550 e. The number of fused-ring (bicyclic) bond motifs is 1. The van der Waals surface area contributed by atoms with Crippen molar-refractivity contribution >= 4 is 16.9 Å². The minimum absolute atomic E-state index is 0.000167. The maximum Gasteiger partial charge on any atom is 0.0867 e. The van der Waals surface area contributed by atoms with Crippen molar-refractivity contribution in [3.05, 3.63) is 53.2 Å². The van der Waals surface area contributed by atoms with Crippen LogP contribution in [0.15, 0.2) is 36.5 Å². The molecule has 2 heterocycles. The number of rotatable bonds is 4. The van der Waals surface area contributed by atoms with E-state index >= 15 is 0 Å². The Morgan fingerprint density at radius 3 is 2.64 bits per heavy atom. The third-order valence-corrected chi connectivity index (χ3v) is 3.98. The fraction of sp³-hybridized carbons (Fsp3) is 0.222. The summed E-state index contributed by atoms with van der Waals surface area (Å²) in [6.45, 7) is 4.09. The molecular formula is C18H17N2O2-. The number of hydrogen-bond acceptors (Lipinski definition) is 3. The summed E-state index contributed by atoms with van der Waals surface area (Å²) in [4.78, 5) is 18.7. The molecule has 4 nitrogen and oxygen atoms in total. The molecule has 1 aromatic carbocycles. The van der Waals surface area contributed by atoms with Crippen LogP contribution in [0.3, 0.4) is 0 Å². The maximum absolute atomic E-state index is 10.9. The monoisotopic (exact) mass is 293 g/mol. The Morgan fingerprint density at radius 1 is 1.18 bits per heavy atom. The number of nitrogens with one attached hydrogen (secondary N) is 1. The smallest absolute Gasteiger partial charge is 0.0867 e. The van der Waals surface area contributed by atoms with Gasteiger partial charge >= 0.3 is 0 Å². The summed E-state index contributed by atoms with van der Waals surface area (Å²) in [6, 6.07) is 9.85. The first-order valence-electron chi connectivity index (χ1n) is 7.30. The van der Waals surface area contributed by atoms with Crippen molar-refractivity contribution in [1.29, 1.82) is 0 Å². The van der Waals surface area contributed by atoms with E-state index in [1.165, 1.54) is 0 Å². The van der Waals surface area contributed by atoms with Crippen molar-refractivity contribution in [2.45, 2.75) is 26.7 Å². The molecular weight excluding hydrogens is 276 g/mol. The van der Waals surface area contributed by atoms with Crippen molar-refractivity contribution in [2.24, 2.45) is 0 Å². The molecule has 0 unspecified atom stereocenters. The number of nitrogens with zero attached hydrogens (tertiary/aromatic N) is 1. The maximum atomic E-state index is 10.9. The van der Waals surface area contributed by atoms with Gasteiger partial charge in [0.05, 0.1) is 11.4 Å². The van der Waals surface area contributed by atoms with E-state index in [1.54, 1.807) is 6.20 Å². The van der Waals surface area contributed by atoms with Crippen molar-refractivity contribution < 1.29 is 9.90 Å². The van der Waals surface area contributed by atoms with E-state index in [-0.39, 0.29) is 6.42 Å². The number of pyridine rings is 1. The molecule has 0 fully saturated rings. The first-order chi connectivity index (χ1) is 10.6. The molecule has 0 saturated carbocycles. The van der Waals surface area contributed by atoms with Gasteiger partial charge in [-0.25, -0.2) is 0 Å². The zero-order valence-corrected chi connectivity index (χ0v) is 12.6. The van der Waals surface area contributed by atoms with Crippen molar-refractivity contribution in [1.82, 2.24) is 9.97 Å². The molecule has 3 aromatic rings. The van der Waals surface area contributed by atoms with Gasteiger partial charge in [0, 0.05) is 23.1 Å². The number of hydrogen-bond donors (Lipinski definition) is 1. The standard InChI is InChI=1S/C18H18N2O2/c1-11-6-7-12(2)17-16(11)13(8-9-15(21)22)18(20-17)14-5-3-4-10-19-14/h3-7,10,20H,8-9H2,1-2H3,(H,21,22)/p-1. The van der Waals surface area contributed by atoms with Crippen LogP contribution in [0.4, 0.5) is 0 Å². The predicted octanol–water partition coefficient (Wildman–Crippen LogP) is 2.53. The lowest BCUT2D eigenvalue weighted by atomic mass is 9.99. The highest BCUT2D eigenvalue weighted by molar-refractivity contribution is 5.94. The summed E-state index contributed by atoms with van der Waals surface area (Å²) < 4.78 is 0. The third-order valence-electron chi connectivity index (χ3n) is 3.98. The molecule has 22 heavy (non-hydrogen) atoms. The Hall–Kier alpha value is -2.62. The average molecular weight is 293 g/mol.